The van der Waals surface area contributed by atoms with Crippen molar-refractivity contribution in [2.75, 3.05) is 5.32 Å². The lowest BCUT2D eigenvalue weighted by Gasteiger charge is -2.13. The predicted molar refractivity (Wildman–Crippen MR) is 107 cm³/mol. The largest absolute Gasteiger partial charge is 0.333 e. The Morgan fingerprint density at radius 1 is 0.929 bits per heavy atom. The normalized spacial score (nSPS) is 10.3. The van der Waals surface area contributed by atoms with Crippen LogP contribution in [0.5, 0.6) is 0 Å². The van der Waals surface area contributed by atoms with E-state index >= 15 is 0 Å². The van der Waals surface area contributed by atoms with E-state index in [0.29, 0.717) is 17.7 Å². The Bertz CT molecular complexity index is 1030. The Kier molecular flexibility index (Phi) is 6.01. The minimum atomic E-state index is -0.633. The predicted octanol–water partition coefficient (Wildman–Crippen LogP) is 3.06. The summed E-state index contributed by atoms with van der Waals surface area (Å²) in [5, 5.41) is 2.61. The van der Waals surface area contributed by atoms with Gasteiger partial charge in [-0.2, -0.15) is 0 Å². The lowest BCUT2D eigenvalue weighted by atomic mass is 10.1. The number of anilines is 1. The third kappa shape index (κ3) is 4.73. The Morgan fingerprint density at radius 3 is 2.21 bits per heavy atom. The van der Waals surface area contributed by atoms with Gasteiger partial charge in [0.05, 0.1) is 5.69 Å². The standard InChI is InChI=1S/C22H20N2O4/c1-16(25)28-24-20(18-10-6-3-7-11-18)14-13-19(22(24)27)23-21(26)15-12-17-8-4-2-5-9-17/h2-11,13-14H,12,15H2,1H3,(H,23,26). The highest BCUT2D eigenvalue weighted by atomic mass is 16.7. The molecule has 142 valence electrons. The number of carbonyl (C=O) groups excluding carboxylic acids is 2. The molecule has 3 rings (SSSR count). The van der Waals surface area contributed by atoms with E-state index in [2.05, 4.69) is 5.32 Å². The molecule has 0 fully saturated rings. The van der Waals surface area contributed by atoms with Gasteiger partial charge in [-0.1, -0.05) is 60.7 Å². The van der Waals surface area contributed by atoms with Crippen LogP contribution in [0, 0.1) is 0 Å². The van der Waals surface area contributed by atoms with Crippen LogP contribution in [0.1, 0.15) is 18.9 Å². The molecule has 6 nitrogen and oxygen atoms in total. The summed E-state index contributed by atoms with van der Waals surface area (Å²) in [6, 6.07) is 21.8. The van der Waals surface area contributed by atoms with Crippen molar-refractivity contribution in [1.29, 1.82) is 0 Å². The summed E-state index contributed by atoms with van der Waals surface area (Å²) >= 11 is 0. The van der Waals surface area contributed by atoms with Crippen molar-refractivity contribution in [2.45, 2.75) is 19.8 Å². The summed E-state index contributed by atoms with van der Waals surface area (Å²) in [5.41, 5.74) is 1.61. The molecular formula is C22H20N2O4. The smallest absolute Gasteiger partial charge is 0.330 e. The Hall–Kier alpha value is -3.67. The summed E-state index contributed by atoms with van der Waals surface area (Å²) in [4.78, 5) is 41.6. The molecule has 1 amide bonds. The third-order valence-electron chi connectivity index (χ3n) is 4.09. The Morgan fingerprint density at radius 2 is 1.57 bits per heavy atom. The second kappa shape index (κ2) is 8.81. The molecule has 0 aliphatic carbocycles. The molecule has 0 aliphatic rings. The molecule has 1 aromatic heterocycles. The van der Waals surface area contributed by atoms with Crippen LogP contribution in [0.25, 0.3) is 11.3 Å². The summed E-state index contributed by atoms with van der Waals surface area (Å²) in [6.45, 7) is 1.21. The number of carbonyl (C=O) groups is 2. The monoisotopic (exact) mass is 376 g/mol. The first-order valence-corrected chi connectivity index (χ1v) is 8.89. The SMILES string of the molecule is CC(=O)On1c(-c2ccccc2)ccc(NC(=O)CCc2ccccc2)c1=O. The van der Waals surface area contributed by atoms with Crippen LogP contribution >= 0.6 is 0 Å². The second-order valence-electron chi connectivity index (χ2n) is 6.21. The minimum absolute atomic E-state index is 0.0546. The van der Waals surface area contributed by atoms with E-state index in [9.17, 15) is 14.4 Å². The van der Waals surface area contributed by atoms with Crippen LogP contribution in [0.3, 0.4) is 0 Å². The van der Waals surface area contributed by atoms with Crippen LogP contribution in [-0.4, -0.2) is 16.6 Å². The van der Waals surface area contributed by atoms with Gasteiger partial charge in [-0.05, 0) is 24.1 Å². The highest BCUT2D eigenvalue weighted by molar-refractivity contribution is 5.90. The quantitative estimate of drug-likeness (QED) is 0.717. The van der Waals surface area contributed by atoms with Crippen LogP contribution in [-0.2, 0) is 16.0 Å². The zero-order chi connectivity index (χ0) is 19.9. The van der Waals surface area contributed by atoms with Crippen molar-refractivity contribution in [1.82, 2.24) is 4.73 Å². The van der Waals surface area contributed by atoms with Crippen LogP contribution in [0.15, 0.2) is 77.6 Å². The van der Waals surface area contributed by atoms with Gasteiger partial charge in [0.25, 0.3) is 0 Å². The summed E-state index contributed by atoms with van der Waals surface area (Å²) in [6.07, 6.45) is 0.796. The first-order valence-electron chi connectivity index (χ1n) is 8.89. The maximum Gasteiger partial charge on any atom is 0.330 e. The van der Waals surface area contributed by atoms with Gasteiger partial charge in [-0.15, -0.1) is 4.73 Å². The molecule has 28 heavy (non-hydrogen) atoms. The van der Waals surface area contributed by atoms with Gasteiger partial charge in [-0.3, -0.25) is 9.59 Å². The molecule has 0 spiro atoms. The molecule has 0 atom stereocenters. The van der Waals surface area contributed by atoms with Crippen molar-refractivity contribution in [3.8, 4) is 11.3 Å². The number of hydrogen-bond acceptors (Lipinski definition) is 4. The van der Waals surface area contributed by atoms with Crippen molar-refractivity contribution in [3.63, 3.8) is 0 Å². The van der Waals surface area contributed by atoms with Crippen LogP contribution in [0.4, 0.5) is 5.69 Å². The lowest BCUT2D eigenvalue weighted by molar-refractivity contribution is -0.141. The molecule has 6 heteroatoms. The molecule has 1 N–H and O–H groups in total. The zero-order valence-corrected chi connectivity index (χ0v) is 15.4. The van der Waals surface area contributed by atoms with E-state index in [4.69, 9.17) is 4.84 Å². The number of aryl methyl sites for hydroxylation is 1. The summed E-state index contributed by atoms with van der Waals surface area (Å²) in [7, 11) is 0. The maximum absolute atomic E-state index is 12.8. The molecule has 0 saturated carbocycles. The summed E-state index contributed by atoms with van der Waals surface area (Å²) < 4.78 is 0.907. The number of aromatic nitrogens is 1. The van der Waals surface area contributed by atoms with E-state index < -0.39 is 11.5 Å². The Labute approximate surface area is 162 Å². The fraction of sp³-hybridized carbons (Fsp3) is 0.136. The third-order valence-corrected chi connectivity index (χ3v) is 4.09. The Balaban J connectivity index is 1.82. The molecule has 0 aliphatic heterocycles. The van der Waals surface area contributed by atoms with Gasteiger partial charge in [0, 0.05) is 18.9 Å². The first-order chi connectivity index (χ1) is 13.5. The fourth-order valence-electron chi connectivity index (χ4n) is 2.77. The number of amides is 1. The van der Waals surface area contributed by atoms with Gasteiger partial charge in [0.1, 0.15) is 5.69 Å². The zero-order valence-electron chi connectivity index (χ0n) is 15.4. The second-order valence-corrected chi connectivity index (χ2v) is 6.21. The van der Waals surface area contributed by atoms with Gasteiger partial charge in [-0.25, -0.2) is 4.79 Å². The molecular weight excluding hydrogens is 356 g/mol. The fourth-order valence-corrected chi connectivity index (χ4v) is 2.77. The van der Waals surface area contributed by atoms with Gasteiger partial charge < -0.3 is 10.2 Å². The van der Waals surface area contributed by atoms with Crippen LogP contribution < -0.4 is 15.7 Å². The maximum atomic E-state index is 12.8. The average molecular weight is 376 g/mol. The van der Waals surface area contributed by atoms with Crippen molar-refractivity contribution < 1.29 is 14.4 Å². The lowest BCUT2D eigenvalue weighted by Crippen LogP contribution is -2.33. The molecule has 0 radical (unpaired) electrons. The van der Waals surface area contributed by atoms with Crippen molar-refractivity contribution in [2.24, 2.45) is 0 Å². The van der Waals surface area contributed by atoms with Crippen molar-refractivity contribution >= 4 is 17.6 Å². The number of rotatable bonds is 6. The van der Waals surface area contributed by atoms with Crippen molar-refractivity contribution in [3.05, 3.63) is 88.7 Å². The highest BCUT2D eigenvalue weighted by Gasteiger charge is 2.15. The van der Waals surface area contributed by atoms with Gasteiger partial charge in [0.15, 0.2) is 0 Å². The molecule has 0 bridgehead atoms. The average Bonchev–Trinajstić information content (AvgIpc) is 2.71. The van der Waals surface area contributed by atoms with E-state index in [-0.39, 0.29) is 18.0 Å². The molecule has 0 unspecified atom stereocenters. The van der Waals surface area contributed by atoms with E-state index in [1.54, 1.807) is 18.2 Å². The van der Waals surface area contributed by atoms with Gasteiger partial charge in [0.2, 0.25) is 5.91 Å². The molecule has 1 heterocycles. The van der Waals surface area contributed by atoms with E-state index in [1.807, 2.05) is 48.5 Å². The first kappa shape index (κ1) is 19.1. The summed E-state index contributed by atoms with van der Waals surface area (Å²) in [5.74, 6) is -0.922. The number of nitrogens with zero attached hydrogens (tertiary/aromatic N) is 1. The van der Waals surface area contributed by atoms with E-state index in [0.717, 1.165) is 10.3 Å². The number of hydrogen-bond donors (Lipinski definition) is 1. The van der Waals surface area contributed by atoms with Gasteiger partial charge >= 0.3 is 11.5 Å². The number of pyridine rings is 1. The molecule has 3 aromatic rings. The number of nitrogens with one attached hydrogen (secondary N) is 1. The number of benzene rings is 2. The molecule has 0 saturated heterocycles. The topological polar surface area (TPSA) is 77.4 Å². The minimum Gasteiger partial charge on any atom is -0.333 e. The molecule has 2 aromatic carbocycles. The van der Waals surface area contributed by atoms with Crippen LogP contribution in [0.2, 0.25) is 0 Å². The van der Waals surface area contributed by atoms with E-state index in [1.165, 1.54) is 13.0 Å². The highest BCUT2D eigenvalue weighted by Crippen LogP contribution is 2.18.